The Morgan fingerprint density at radius 2 is 1.71 bits per heavy atom. The van der Waals surface area contributed by atoms with E-state index in [9.17, 15) is 24.6 Å². The highest BCUT2D eigenvalue weighted by Crippen LogP contribution is 2.42. The van der Waals surface area contributed by atoms with Crippen LogP contribution in [0.5, 0.6) is 17.6 Å². The molecular formula is C64H72F2N10O9S. The van der Waals surface area contributed by atoms with Gasteiger partial charge in [0, 0.05) is 61.2 Å². The van der Waals surface area contributed by atoms with Crippen LogP contribution in [-0.2, 0) is 14.3 Å². The second-order valence-electron chi connectivity index (χ2n) is 24.9. The molecule has 11 rings (SSSR count). The van der Waals surface area contributed by atoms with E-state index in [1.807, 2.05) is 83.1 Å². The number of hydrogen-bond donors (Lipinski definition) is 3. The number of aliphatic hydroxyl groups excluding tert-OH is 1. The first-order valence-electron chi connectivity index (χ1n) is 29.3. The number of pyridine rings is 1. The molecule has 0 spiro atoms. The van der Waals surface area contributed by atoms with Gasteiger partial charge < -0.3 is 44.1 Å². The maximum atomic E-state index is 17.4. The van der Waals surface area contributed by atoms with E-state index in [1.54, 1.807) is 22.3 Å². The highest BCUT2D eigenvalue weighted by atomic mass is 32.1. The number of thiazole rings is 1. The molecule has 22 heteroatoms. The van der Waals surface area contributed by atoms with Gasteiger partial charge in [-0.25, -0.2) is 18.6 Å². The molecule has 0 aliphatic carbocycles. The number of phenolic OH excluding ortho intramolecular Hbond substituents is 1. The molecule has 4 aromatic heterocycles. The van der Waals surface area contributed by atoms with Gasteiger partial charge in [-0.15, -0.1) is 17.8 Å². The summed E-state index contributed by atoms with van der Waals surface area (Å²) < 4.78 is 56.7. The molecule has 3 N–H and O–H groups in total. The molecule has 3 amide bonds. The number of aryl methyl sites for hydroxylation is 1. The van der Waals surface area contributed by atoms with E-state index in [0.717, 1.165) is 47.4 Å². The molecule has 4 aliphatic heterocycles. The van der Waals surface area contributed by atoms with Gasteiger partial charge in [0.15, 0.2) is 11.6 Å². The third-order valence-corrected chi connectivity index (χ3v) is 18.1. The number of rotatable bonds is 16. The van der Waals surface area contributed by atoms with Crippen molar-refractivity contribution in [2.45, 2.75) is 129 Å². The van der Waals surface area contributed by atoms with Crippen LogP contribution in [0.15, 0.2) is 70.8 Å². The number of phenols is 1. The Bertz CT molecular complexity index is 3730. The summed E-state index contributed by atoms with van der Waals surface area (Å²) >= 11 is 1.57. The Morgan fingerprint density at radius 3 is 2.38 bits per heavy atom. The molecular weight excluding hydrogens is 1120 g/mol. The van der Waals surface area contributed by atoms with E-state index in [-0.39, 0.29) is 112 Å². The summed E-state index contributed by atoms with van der Waals surface area (Å²) in [6.07, 6.45) is 9.13. The van der Waals surface area contributed by atoms with Crippen LogP contribution in [0.4, 0.5) is 19.4 Å². The van der Waals surface area contributed by atoms with Gasteiger partial charge in [-0.2, -0.15) is 9.97 Å². The van der Waals surface area contributed by atoms with Crippen molar-refractivity contribution in [2.75, 3.05) is 57.4 Å². The Hall–Kier alpha value is -8.00. The number of halogens is 2. The second-order valence-corrected chi connectivity index (χ2v) is 25.8. The molecule has 86 heavy (non-hydrogen) atoms. The van der Waals surface area contributed by atoms with Crippen LogP contribution in [-0.4, -0.2) is 150 Å². The molecule has 4 aliphatic rings. The smallest absolute Gasteiger partial charge is 0.410 e. The Morgan fingerprint density at radius 1 is 0.977 bits per heavy atom. The first-order chi connectivity index (χ1) is 41.0. The number of ether oxygens (including phenoxy) is 3. The number of nitrogens with one attached hydrogen (secondary N) is 1. The lowest BCUT2D eigenvalue weighted by atomic mass is 9.81. The van der Waals surface area contributed by atoms with E-state index < -0.39 is 35.3 Å². The van der Waals surface area contributed by atoms with E-state index in [0.29, 0.717) is 61.7 Å². The molecule has 2 bridgehead atoms. The van der Waals surface area contributed by atoms with Crippen molar-refractivity contribution >= 4 is 56.7 Å². The molecule has 4 fully saturated rings. The van der Waals surface area contributed by atoms with Crippen molar-refractivity contribution in [3.05, 3.63) is 101 Å². The number of nitrogens with zero attached hydrogens (tertiary/aromatic N) is 9. The normalized spacial score (nSPS) is 20.3. The zero-order valence-electron chi connectivity index (χ0n) is 49.6. The Labute approximate surface area is 502 Å². The van der Waals surface area contributed by atoms with Gasteiger partial charge in [-0.1, -0.05) is 57.0 Å². The van der Waals surface area contributed by atoms with E-state index in [2.05, 4.69) is 43.2 Å². The number of benzene rings is 3. The van der Waals surface area contributed by atoms with Crippen LogP contribution in [0, 0.1) is 42.2 Å². The largest absolute Gasteiger partial charge is 0.508 e. The number of piperidine rings is 1. The maximum absolute atomic E-state index is 17.4. The third kappa shape index (κ3) is 12.2. The van der Waals surface area contributed by atoms with Crippen molar-refractivity contribution < 1.29 is 52.1 Å². The molecule has 0 radical (unpaired) electrons. The molecule has 19 nitrogen and oxygen atoms in total. The number of fused-ring (bicyclic) bond motifs is 4. The van der Waals surface area contributed by atoms with Gasteiger partial charge in [0.05, 0.1) is 57.9 Å². The average Bonchev–Trinajstić information content (AvgIpc) is 0.982. The summed E-state index contributed by atoms with van der Waals surface area (Å²) in [5.74, 6) is -0.135. The van der Waals surface area contributed by atoms with Crippen LogP contribution in [0.2, 0.25) is 0 Å². The van der Waals surface area contributed by atoms with E-state index in [4.69, 9.17) is 30.1 Å². The number of aliphatic hydroxyl groups is 1. The lowest BCUT2D eigenvalue weighted by Crippen LogP contribution is -2.57. The maximum Gasteiger partial charge on any atom is 0.410 e. The van der Waals surface area contributed by atoms with Crippen molar-refractivity contribution in [1.29, 1.82) is 0 Å². The number of hydrogen-bond acceptors (Lipinski definition) is 17. The van der Waals surface area contributed by atoms with Crippen LogP contribution in [0.25, 0.3) is 43.4 Å². The second kappa shape index (κ2) is 24.0. The highest BCUT2D eigenvalue weighted by Gasteiger charge is 2.46. The monoisotopic (exact) mass is 1190 g/mol. The fraction of sp³-hybridized carbons (Fsp3) is 0.469. The number of aromatic nitrogens is 5. The quantitative estimate of drug-likeness (QED) is 0.0766. The average molecular weight is 1200 g/mol. The summed E-state index contributed by atoms with van der Waals surface area (Å²) in [7, 11) is 0. The topological polar surface area (TPSA) is 222 Å². The number of amides is 3. The fourth-order valence-electron chi connectivity index (χ4n) is 12.5. The van der Waals surface area contributed by atoms with Gasteiger partial charge in [-0.3, -0.25) is 24.4 Å². The zero-order valence-corrected chi connectivity index (χ0v) is 50.4. The highest BCUT2D eigenvalue weighted by molar-refractivity contribution is 7.13. The molecule has 3 aromatic carbocycles. The van der Waals surface area contributed by atoms with Gasteiger partial charge in [0.2, 0.25) is 11.8 Å². The van der Waals surface area contributed by atoms with Gasteiger partial charge >= 0.3 is 12.1 Å². The standard InChI is InChI=1S/C64H72F2N10O9S/c1-10-45-48(65)18-15-40-25-43(77)26-46(53(40)45)55-54(66)56-47(29-67-55)58(74-30-41-16-17-42(31-74)76(41)62(81)84-63(6,7)8)71-61(70-56)82-24-23-73-21-19-64(9,20-22-73)33-83-51-28-50(85-72-51)52(35(2)3)60(80)75-32-44(78)27-49(75)59(79)69-36(4)38-11-13-39(14-12-38)57-37(5)68-34-86-57/h1,11-15,18,25-26,28-29,34-36,41-42,44,49,52,77-78H,16-17,19-24,27,30-33H2,2-9H3,(H,69,79)/t36-,41?,42?,44+,49-,52+/m0/s1. The summed E-state index contributed by atoms with van der Waals surface area (Å²) in [6.45, 7) is 18.5. The number of likely N-dealkylation sites (tertiary alicyclic amines) is 2. The number of carbonyl (C=O) groups is 3. The molecule has 8 heterocycles. The first kappa shape index (κ1) is 59.7. The summed E-state index contributed by atoms with van der Waals surface area (Å²) in [5, 5.41) is 29.8. The van der Waals surface area contributed by atoms with Crippen molar-refractivity contribution in [3.8, 4) is 51.7 Å². The van der Waals surface area contributed by atoms with Gasteiger partial charge in [-0.05, 0) is 119 Å². The molecule has 6 atom stereocenters. The van der Waals surface area contributed by atoms with E-state index >= 15 is 8.78 Å². The number of β-amino-alcohol motifs (C(OH)–C–C–N with tert-alkyl or cyclic N) is 1. The minimum Gasteiger partial charge on any atom is -0.508 e. The minimum atomic E-state index is -0.882. The zero-order chi connectivity index (χ0) is 60.9. The van der Waals surface area contributed by atoms with Crippen molar-refractivity contribution in [1.82, 2.24) is 45.1 Å². The van der Waals surface area contributed by atoms with Crippen LogP contribution in [0.1, 0.15) is 115 Å². The third-order valence-electron chi connectivity index (χ3n) is 17.1. The molecule has 452 valence electrons. The van der Waals surface area contributed by atoms with Crippen molar-refractivity contribution in [2.24, 2.45) is 11.3 Å². The van der Waals surface area contributed by atoms with Gasteiger partial charge in [0.25, 0.3) is 5.88 Å². The lowest BCUT2D eigenvalue weighted by Gasteiger charge is -2.42. The fourth-order valence-corrected chi connectivity index (χ4v) is 13.3. The summed E-state index contributed by atoms with van der Waals surface area (Å²) in [5.41, 5.74) is 3.49. The Kier molecular flexibility index (Phi) is 16.7. The number of carbonyl (C=O) groups excluding carboxylic acids is 3. The molecule has 2 unspecified atom stereocenters. The SMILES string of the molecule is C#Cc1c(F)ccc2cc(O)cc(-c3ncc4c(N5CC6CCC(C5)N6C(=O)OC(C)(C)C)nc(OCCN5CCC(C)(COc6cc([C@H](C(=O)N7C[C@H](O)C[C@H]7C(=O)N[C@@H](C)c7ccc(-c8scnc8C)cc7)C(C)C)on6)CC5)nc4c3F)c12. The number of anilines is 1. The van der Waals surface area contributed by atoms with Crippen LogP contribution in [0.3, 0.4) is 0 Å². The Balaban J connectivity index is 0.735. The van der Waals surface area contributed by atoms with Crippen LogP contribution < -0.4 is 19.7 Å². The molecule has 7 aromatic rings. The minimum absolute atomic E-state index is 0.00615. The predicted octanol–water partition coefficient (Wildman–Crippen LogP) is 9.96. The van der Waals surface area contributed by atoms with Gasteiger partial charge in [0.1, 0.15) is 52.8 Å². The summed E-state index contributed by atoms with van der Waals surface area (Å²) in [6, 6.07) is 13.3. The first-order valence-corrected chi connectivity index (χ1v) is 30.2. The molecule has 4 saturated heterocycles. The van der Waals surface area contributed by atoms with E-state index in [1.165, 1.54) is 35.4 Å². The summed E-state index contributed by atoms with van der Waals surface area (Å²) in [4.78, 5) is 68.8. The lowest BCUT2D eigenvalue weighted by molar-refractivity contribution is -0.141. The molecule has 0 saturated carbocycles. The number of piperazine rings is 1. The number of aromatic hydroxyl groups is 1. The predicted molar refractivity (Wildman–Crippen MR) is 321 cm³/mol. The number of terminal acetylenes is 1. The van der Waals surface area contributed by atoms with Crippen LogP contribution >= 0.6 is 11.3 Å². The van der Waals surface area contributed by atoms with Crippen molar-refractivity contribution in [3.63, 3.8) is 0 Å².